The largest absolute Gasteiger partial charge is 0.456 e. The van der Waals surface area contributed by atoms with Crippen molar-refractivity contribution in [1.29, 1.82) is 0 Å². The van der Waals surface area contributed by atoms with Gasteiger partial charge in [0.1, 0.15) is 11.2 Å². The minimum atomic E-state index is -0.106. The maximum absolute atomic E-state index is 6.33. The van der Waals surface area contributed by atoms with Crippen molar-refractivity contribution < 1.29 is 4.42 Å². The summed E-state index contributed by atoms with van der Waals surface area (Å²) in [4.78, 5) is 2.53. The highest BCUT2D eigenvalue weighted by molar-refractivity contribution is 6.06. The van der Waals surface area contributed by atoms with Gasteiger partial charge in [0.2, 0.25) is 0 Å². The van der Waals surface area contributed by atoms with Gasteiger partial charge in [0.05, 0.1) is 11.4 Å². The van der Waals surface area contributed by atoms with Crippen molar-refractivity contribution in [2.24, 2.45) is 0 Å². The van der Waals surface area contributed by atoms with Gasteiger partial charge in [0.25, 0.3) is 0 Å². The molecular formula is C48H37NO. The summed E-state index contributed by atoms with van der Waals surface area (Å²) in [5.41, 5.74) is 18.1. The SMILES string of the molecule is CC1(C)c2ccccc2-c2c(N(c3cccc(-c4ccc5c(c4)oc4ccccc45)c3)c3cccc4c3-c3ccccc3C4(C)C)cccc21. The molecule has 0 saturated carbocycles. The van der Waals surface area contributed by atoms with E-state index in [0.29, 0.717) is 0 Å². The molecule has 0 unspecified atom stereocenters. The van der Waals surface area contributed by atoms with Gasteiger partial charge >= 0.3 is 0 Å². The maximum atomic E-state index is 6.33. The molecule has 0 N–H and O–H groups in total. The number of benzene rings is 7. The van der Waals surface area contributed by atoms with Crippen LogP contribution in [0.25, 0.3) is 55.3 Å². The van der Waals surface area contributed by atoms with Gasteiger partial charge in [-0.3, -0.25) is 0 Å². The van der Waals surface area contributed by atoms with Crippen molar-refractivity contribution in [3.05, 3.63) is 174 Å². The van der Waals surface area contributed by atoms with Crippen molar-refractivity contribution in [3.63, 3.8) is 0 Å². The summed E-state index contributed by atoms with van der Waals surface area (Å²) in [6.07, 6.45) is 0. The molecule has 50 heavy (non-hydrogen) atoms. The van der Waals surface area contributed by atoms with E-state index in [9.17, 15) is 0 Å². The molecule has 1 heterocycles. The quantitative estimate of drug-likeness (QED) is 0.190. The zero-order valence-corrected chi connectivity index (χ0v) is 28.8. The smallest absolute Gasteiger partial charge is 0.136 e. The molecule has 2 aliphatic rings. The van der Waals surface area contributed by atoms with Gasteiger partial charge in [-0.05, 0) is 87.0 Å². The molecule has 0 aliphatic heterocycles. The molecule has 2 aliphatic carbocycles. The summed E-state index contributed by atoms with van der Waals surface area (Å²) < 4.78 is 6.33. The van der Waals surface area contributed by atoms with Gasteiger partial charge in [-0.25, -0.2) is 0 Å². The third-order valence-corrected chi connectivity index (χ3v) is 11.5. The molecular weight excluding hydrogens is 607 g/mol. The van der Waals surface area contributed by atoms with E-state index in [-0.39, 0.29) is 10.8 Å². The third kappa shape index (κ3) is 3.96. The summed E-state index contributed by atoms with van der Waals surface area (Å²) in [6.45, 7) is 9.44. The summed E-state index contributed by atoms with van der Waals surface area (Å²) in [6, 6.07) is 55.6. The maximum Gasteiger partial charge on any atom is 0.136 e. The van der Waals surface area contributed by atoms with E-state index in [1.807, 2.05) is 12.1 Å². The van der Waals surface area contributed by atoms with Crippen molar-refractivity contribution >= 4 is 39.0 Å². The second kappa shape index (κ2) is 10.3. The predicted molar refractivity (Wildman–Crippen MR) is 209 cm³/mol. The molecule has 0 atom stereocenters. The summed E-state index contributed by atoms with van der Waals surface area (Å²) in [5.74, 6) is 0. The second-order valence-corrected chi connectivity index (χ2v) is 14.9. The van der Waals surface area contributed by atoms with Crippen LogP contribution in [0.15, 0.2) is 156 Å². The van der Waals surface area contributed by atoms with E-state index in [1.165, 1.54) is 55.9 Å². The van der Waals surface area contributed by atoms with E-state index < -0.39 is 0 Å². The molecule has 0 saturated heterocycles. The monoisotopic (exact) mass is 643 g/mol. The van der Waals surface area contributed by atoms with Crippen LogP contribution >= 0.6 is 0 Å². The first-order chi connectivity index (χ1) is 24.3. The molecule has 7 aromatic carbocycles. The van der Waals surface area contributed by atoms with Crippen molar-refractivity contribution in [2.75, 3.05) is 4.90 Å². The van der Waals surface area contributed by atoms with Crippen LogP contribution in [-0.4, -0.2) is 0 Å². The first-order valence-electron chi connectivity index (χ1n) is 17.6. The molecule has 2 heteroatoms. The van der Waals surface area contributed by atoms with Crippen LogP contribution in [-0.2, 0) is 10.8 Å². The Kier molecular flexibility index (Phi) is 6.01. The van der Waals surface area contributed by atoms with Gasteiger partial charge in [-0.15, -0.1) is 0 Å². The number of anilines is 3. The molecule has 0 spiro atoms. The van der Waals surface area contributed by atoms with E-state index in [4.69, 9.17) is 4.42 Å². The van der Waals surface area contributed by atoms with E-state index in [0.717, 1.165) is 38.8 Å². The van der Waals surface area contributed by atoms with E-state index >= 15 is 0 Å². The average molecular weight is 644 g/mol. The molecule has 0 bridgehead atoms. The Morgan fingerprint density at radius 2 is 0.940 bits per heavy atom. The van der Waals surface area contributed by atoms with Gasteiger partial charge < -0.3 is 9.32 Å². The summed E-state index contributed by atoms with van der Waals surface area (Å²) in [5, 5.41) is 2.29. The molecule has 240 valence electrons. The number of nitrogens with zero attached hydrogens (tertiary/aromatic N) is 1. The standard InChI is InChI=1S/C48H37NO/c1-47(2)37-19-8-5-17-35(37)45-39(47)21-12-23-41(45)49(42-24-13-22-40-46(42)36-18-6-9-20-38(36)48(40,3)4)32-15-11-14-30(28-32)31-26-27-34-33-16-7-10-25-43(33)50-44(34)29-31/h5-29H,1-4H3. The lowest BCUT2D eigenvalue weighted by atomic mass is 9.82. The third-order valence-electron chi connectivity index (χ3n) is 11.5. The van der Waals surface area contributed by atoms with Gasteiger partial charge in [-0.2, -0.15) is 0 Å². The van der Waals surface area contributed by atoms with Crippen molar-refractivity contribution in [2.45, 2.75) is 38.5 Å². The highest BCUT2D eigenvalue weighted by Crippen LogP contribution is 2.58. The van der Waals surface area contributed by atoms with Gasteiger partial charge in [-0.1, -0.05) is 137 Å². The number of hydrogen-bond donors (Lipinski definition) is 0. The van der Waals surface area contributed by atoms with Crippen LogP contribution in [0.5, 0.6) is 0 Å². The number of para-hydroxylation sites is 1. The zero-order chi connectivity index (χ0) is 33.8. The minimum absolute atomic E-state index is 0.106. The summed E-state index contributed by atoms with van der Waals surface area (Å²) >= 11 is 0. The highest BCUT2D eigenvalue weighted by atomic mass is 16.3. The van der Waals surface area contributed by atoms with Crippen molar-refractivity contribution in [3.8, 4) is 33.4 Å². The molecule has 2 nitrogen and oxygen atoms in total. The van der Waals surface area contributed by atoms with Crippen LogP contribution in [0, 0.1) is 0 Å². The van der Waals surface area contributed by atoms with Gasteiger partial charge in [0.15, 0.2) is 0 Å². The Balaban J connectivity index is 1.24. The Labute approximate surface area is 293 Å². The van der Waals surface area contributed by atoms with E-state index in [2.05, 4.69) is 172 Å². The fraction of sp³-hybridized carbons (Fsp3) is 0.125. The van der Waals surface area contributed by atoms with Gasteiger partial charge in [0, 0.05) is 38.4 Å². The lowest BCUT2D eigenvalue weighted by molar-refractivity contribution is 0.660. The molecule has 0 amide bonds. The van der Waals surface area contributed by atoms with Crippen LogP contribution in [0.4, 0.5) is 17.1 Å². The predicted octanol–water partition coefficient (Wildman–Crippen LogP) is 13.3. The number of rotatable bonds is 4. The molecule has 10 rings (SSSR count). The Morgan fingerprint density at radius 1 is 0.420 bits per heavy atom. The van der Waals surface area contributed by atoms with Crippen LogP contribution in [0.2, 0.25) is 0 Å². The Hall–Kier alpha value is -5.86. The van der Waals surface area contributed by atoms with E-state index in [1.54, 1.807) is 0 Å². The van der Waals surface area contributed by atoms with Crippen LogP contribution < -0.4 is 4.90 Å². The first kappa shape index (κ1) is 29.1. The second-order valence-electron chi connectivity index (χ2n) is 14.9. The number of hydrogen-bond acceptors (Lipinski definition) is 2. The van der Waals surface area contributed by atoms with Crippen LogP contribution in [0.3, 0.4) is 0 Å². The highest BCUT2D eigenvalue weighted by Gasteiger charge is 2.40. The fourth-order valence-electron chi connectivity index (χ4n) is 8.98. The first-order valence-corrected chi connectivity index (χ1v) is 17.6. The molecule has 8 aromatic rings. The summed E-state index contributed by atoms with van der Waals surface area (Å²) in [7, 11) is 0. The number of furan rings is 1. The topological polar surface area (TPSA) is 16.4 Å². The Bertz CT molecular complexity index is 2560. The average Bonchev–Trinajstić information content (AvgIpc) is 3.72. The lowest BCUT2D eigenvalue weighted by Gasteiger charge is -2.31. The molecule has 0 radical (unpaired) electrons. The van der Waals surface area contributed by atoms with Crippen LogP contribution in [0.1, 0.15) is 49.9 Å². The zero-order valence-electron chi connectivity index (χ0n) is 28.8. The lowest BCUT2D eigenvalue weighted by Crippen LogP contribution is -2.17. The Morgan fingerprint density at radius 3 is 1.60 bits per heavy atom. The molecule has 1 aromatic heterocycles. The normalized spacial score (nSPS) is 14.7. The molecule has 0 fully saturated rings. The van der Waals surface area contributed by atoms with Crippen molar-refractivity contribution in [1.82, 2.24) is 0 Å². The fourth-order valence-corrected chi connectivity index (χ4v) is 8.98. The minimum Gasteiger partial charge on any atom is -0.456 e. The number of fused-ring (bicyclic) bond motifs is 9.